The van der Waals surface area contributed by atoms with Crippen molar-refractivity contribution < 1.29 is 9.59 Å². The highest BCUT2D eigenvalue weighted by atomic mass is 32.1. The normalized spacial score (nSPS) is 11.4. The minimum absolute atomic E-state index is 0.140. The summed E-state index contributed by atoms with van der Waals surface area (Å²) in [5.41, 5.74) is 4.55. The number of carbonyl (C=O) groups is 2. The van der Waals surface area contributed by atoms with Gasteiger partial charge in [0.05, 0.1) is 0 Å². The highest BCUT2D eigenvalue weighted by Gasteiger charge is 2.15. The first kappa shape index (κ1) is 25.3. The fourth-order valence-corrected chi connectivity index (χ4v) is 5.55. The van der Waals surface area contributed by atoms with Crippen LogP contribution in [0.4, 0.5) is 0 Å². The molecule has 0 fully saturated rings. The Labute approximate surface area is 228 Å². The van der Waals surface area contributed by atoms with Crippen LogP contribution in [0.1, 0.15) is 41.9 Å². The maximum absolute atomic E-state index is 12.8. The number of thiazole rings is 2. The van der Waals surface area contributed by atoms with Crippen LogP contribution >= 0.6 is 22.7 Å². The number of pyridine rings is 2. The molecule has 0 saturated heterocycles. The largest absolute Gasteiger partial charge is 0.287 e. The van der Waals surface area contributed by atoms with Crippen molar-refractivity contribution in [2.75, 3.05) is 0 Å². The van der Waals surface area contributed by atoms with Gasteiger partial charge in [-0.15, -0.1) is 22.7 Å². The van der Waals surface area contributed by atoms with E-state index in [0.29, 0.717) is 11.4 Å². The van der Waals surface area contributed by atoms with Crippen LogP contribution in [0.5, 0.6) is 0 Å². The topological polar surface area (TPSA) is 85.7 Å². The Morgan fingerprint density at radius 3 is 1.34 bits per heavy atom. The predicted molar refractivity (Wildman–Crippen MR) is 153 cm³/mol. The first-order valence-corrected chi connectivity index (χ1v) is 13.4. The Kier molecular flexibility index (Phi) is 7.53. The molecule has 0 N–H and O–H groups in total. The number of nitrogens with zero attached hydrogens (tertiary/aromatic N) is 4. The molecule has 0 amide bonds. The molecule has 0 atom stereocenters. The monoisotopic (exact) mass is 534 g/mol. The molecule has 0 saturated carbocycles. The molecular formula is C30H22N4O2S2. The lowest BCUT2D eigenvalue weighted by molar-refractivity contribution is 0.103. The van der Waals surface area contributed by atoms with Gasteiger partial charge in [0, 0.05) is 45.7 Å². The molecule has 4 aromatic heterocycles. The van der Waals surface area contributed by atoms with Gasteiger partial charge in [-0.25, -0.2) is 9.97 Å². The first-order valence-electron chi connectivity index (χ1n) is 11.8. The summed E-state index contributed by atoms with van der Waals surface area (Å²) in [4.78, 5) is 44.4. The van der Waals surface area contributed by atoms with Crippen LogP contribution in [-0.2, 0) is 0 Å². The van der Waals surface area contributed by atoms with E-state index < -0.39 is 0 Å². The lowest BCUT2D eigenvalue weighted by atomic mass is 10.1. The van der Waals surface area contributed by atoms with Crippen molar-refractivity contribution in [1.82, 2.24) is 19.9 Å². The van der Waals surface area contributed by atoms with E-state index in [-0.39, 0.29) is 11.6 Å². The maximum atomic E-state index is 12.8. The Balaban J connectivity index is 1.23. The van der Waals surface area contributed by atoms with Gasteiger partial charge in [0.25, 0.3) is 0 Å². The first-order chi connectivity index (χ1) is 18.5. The number of aryl methyl sites for hydroxylation is 2. The molecule has 0 aliphatic rings. The van der Waals surface area contributed by atoms with Crippen molar-refractivity contribution in [3.05, 3.63) is 118 Å². The van der Waals surface area contributed by atoms with Crippen molar-refractivity contribution in [1.29, 1.82) is 0 Å². The molecule has 5 rings (SSSR count). The Morgan fingerprint density at radius 2 is 0.974 bits per heavy atom. The smallest absolute Gasteiger partial charge is 0.205 e. The molecule has 0 spiro atoms. The van der Waals surface area contributed by atoms with E-state index >= 15 is 0 Å². The van der Waals surface area contributed by atoms with Crippen molar-refractivity contribution in [3.8, 4) is 21.1 Å². The van der Waals surface area contributed by atoms with E-state index in [1.165, 1.54) is 34.8 Å². The molecule has 38 heavy (non-hydrogen) atoms. The summed E-state index contributed by atoms with van der Waals surface area (Å²) < 4.78 is 0. The van der Waals surface area contributed by atoms with Gasteiger partial charge in [0.2, 0.25) is 11.6 Å². The zero-order chi connectivity index (χ0) is 26.5. The molecule has 8 heteroatoms. The second-order valence-electron chi connectivity index (χ2n) is 8.38. The van der Waals surface area contributed by atoms with Gasteiger partial charge in [-0.2, -0.15) is 0 Å². The molecule has 0 aliphatic heterocycles. The van der Waals surface area contributed by atoms with Crippen LogP contribution in [0.2, 0.25) is 0 Å². The fraction of sp³-hybridized carbons (Fsp3) is 0.0667. The number of hydrogen-bond donors (Lipinski definition) is 0. The van der Waals surface area contributed by atoms with E-state index in [9.17, 15) is 9.59 Å². The molecule has 4 heterocycles. The van der Waals surface area contributed by atoms with E-state index in [1.807, 2.05) is 62.4 Å². The molecular weight excluding hydrogens is 512 g/mol. The Morgan fingerprint density at radius 1 is 0.605 bits per heavy atom. The second-order valence-corrected chi connectivity index (χ2v) is 10.8. The van der Waals surface area contributed by atoms with Gasteiger partial charge in [-0.3, -0.25) is 19.6 Å². The van der Waals surface area contributed by atoms with Gasteiger partial charge in [0.15, 0.2) is 0 Å². The van der Waals surface area contributed by atoms with E-state index in [1.54, 1.807) is 36.9 Å². The van der Waals surface area contributed by atoms with E-state index in [0.717, 1.165) is 42.0 Å². The summed E-state index contributed by atoms with van der Waals surface area (Å²) in [6.07, 6.45) is 13.5. The highest BCUT2D eigenvalue weighted by molar-refractivity contribution is 7.15. The summed E-state index contributed by atoms with van der Waals surface area (Å²) >= 11 is 2.98. The van der Waals surface area contributed by atoms with Crippen molar-refractivity contribution in [3.63, 3.8) is 0 Å². The summed E-state index contributed by atoms with van der Waals surface area (Å²) in [6, 6.07) is 15.1. The van der Waals surface area contributed by atoms with Crippen LogP contribution in [0.3, 0.4) is 0 Å². The number of benzene rings is 1. The lowest BCUT2D eigenvalue weighted by Gasteiger charge is -1.97. The van der Waals surface area contributed by atoms with Crippen molar-refractivity contribution in [2.24, 2.45) is 0 Å². The molecule has 0 aliphatic carbocycles. The molecule has 5 aromatic rings. The standard InChI is InChI=1S/C30H22N4O2S2/c1-19-27(33-29(37-19)23-11-15-31-16-12-23)25(35)9-7-21-3-5-22(6-4-21)8-10-26(36)28-20(2)38-30(34-28)24-13-17-32-18-14-24/h3-18H,1-2H3/b9-7+,10-8+. The van der Waals surface area contributed by atoms with Crippen molar-refractivity contribution in [2.45, 2.75) is 13.8 Å². The summed E-state index contributed by atoms with van der Waals surface area (Å²) in [5, 5.41) is 1.60. The Hall–Kier alpha value is -4.40. The SMILES string of the molecule is Cc1sc(-c2ccncc2)nc1C(=O)/C=C/c1ccc(/C=C/C(=O)c2nc(-c3ccncc3)sc2C)cc1. The molecule has 6 nitrogen and oxygen atoms in total. The predicted octanol–water partition coefficient (Wildman–Crippen LogP) is 7.13. The average molecular weight is 535 g/mol. The number of rotatable bonds is 8. The third-order valence-electron chi connectivity index (χ3n) is 5.71. The quantitative estimate of drug-likeness (QED) is 0.155. The van der Waals surface area contributed by atoms with Crippen LogP contribution in [0.15, 0.2) is 85.5 Å². The van der Waals surface area contributed by atoms with Gasteiger partial charge < -0.3 is 0 Å². The number of ketones is 2. The molecule has 0 unspecified atom stereocenters. The van der Waals surface area contributed by atoms with Crippen LogP contribution < -0.4 is 0 Å². The summed E-state index contributed by atoms with van der Waals surface area (Å²) in [6.45, 7) is 3.80. The lowest BCUT2D eigenvalue weighted by Crippen LogP contribution is -1.97. The minimum Gasteiger partial charge on any atom is -0.287 e. The summed E-state index contributed by atoms with van der Waals surface area (Å²) in [5.74, 6) is -0.281. The van der Waals surface area contributed by atoms with Crippen LogP contribution in [0.25, 0.3) is 33.3 Å². The van der Waals surface area contributed by atoms with E-state index in [4.69, 9.17) is 0 Å². The zero-order valence-corrected chi connectivity index (χ0v) is 22.3. The van der Waals surface area contributed by atoms with Gasteiger partial charge in [0.1, 0.15) is 21.4 Å². The van der Waals surface area contributed by atoms with Crippen molar-refractivity contribution >= 4 is 46.4 Å². The second kappa shape index (κ2) is 11.3. The molecule has 0 radical (unpaired) electrons. The highest BCUT2D eigenvalue weighted by Crippen LogP contribution is 2.29. The van der Waals surface area contributed by atoms with Crippen LogP contribution in [-0.4, -0.2) is 31.5 Å². The fourth-order valence-electron chi connectivity index (χ4n) is 3.71. The maximum Gasteiger partial charge on any atom is 0.205 e. The van der Waals surface area contributed by atoms with Gasteiger partial charge in [-0.05, 0) is 61.4 Å². The number of hydrogen-bond acceptors (Lipinski definition) is 8. The number of carbonyl (C=O) groups excluding carboxylic acids is 2. The minimum atomic E-state index is -0.140. The third-order valence-corrected chi connectivity index (χ3v) is 7.75. The molecule has 0 bridgehead atoms. The van der Waals surface area contributed by atoms with Gasteiger partial charge >= 0.3 is 0 Å². The van der Waals surface area contributed by atoms with E-state index in [2.05, 4.69) is 19.9 Å². The van der Waals surface area contributed by atoms with Crippen LogP contribution in [0, 0.1) is 13.8 Å². The number of aromatic nitrogens is 4. The Bertz CT molecular complexity index is 1530. The third kappa shape index (κ3) is 5.77. The number of allylic oxidation sites excluding steroid dienone is 2. The zero-order valence-electron chi connectivity index (χ0n) is 20.7. The average Bonchev–Trinajstić information content (AvgIpc) is 3.54. The molecule has 1 aromatic carbocycles. The van der Waals surface area contributed by atoms with Gasteiger partial charge in [-0.1, -0.05) is 36.4 Å². The molecule has 186 valence electrons. The summed E-state index contributed by atoms with van der Waals surface area (Å²) in [7, 11) is 0.